The number of aromatic nitrogens is 2. The van der Waals surface area contributed by atoms with Crippen LogP contribution in [0.1, 0.15) is 41.7 Å². The highest BCUT2D eigenvalue weighted by Crippen LogP contribution is 2.39. The molecule has 0 aromatic carbocycles. The molecule has 1 aliphatic carbocycles. The first-order valence-electron chi connectivity index (χ1n) is 4.97. The number of hydrogen-bond acceptors (Lipinski definition) is 3. The average molecular weight is 208 g/mol. The molecule has 1 aliphatic rings. The highest BCUT2D eigenvalue weighted by molar-refractivity contribution is 5.88. The largest absolute Gasteiger partial charge is 0.477 e. The van der Waals surface area contributed by atoms with Gasteiger partial charge >= 0.3 is 5.97 Å². The Bertz CT molecular complexity index is 460. The minimum absolute atomic E-state index is 0.151. The van der Waals surface area contributed by atoms with Crippen molar-refractivity contribution in [2.24, 2.45) is 0 Å². The van der Waals surface area contributed by atoms with E-state index in [0.717, 1.165) is 12.8 Å². The minimum atomic E-state index is -1.17. The average Bonchev–Trinajstić information content (AvgIpc) is 2.99. The Morgan fingerprint density at radius 2 is 2.33 bits per heavy atom. The second-order valence-electron chi connectivity index (χ2n) is 3.68. The number of aromatic carboxylic acids is 1. The van der Waals surface area contributed by atoms with Gasteiger partial charge in [0.2, 0.25) is 0 Å². The Morgan fingerprint density at radius 1 is 1.67 bits per heavy atom. The maximum atomic E-state index is 11.7. The summed E-state index contributed by atoms with van der Waals surface area (Å²) in [5.74, 6) is -0.993. The summed E-state index contributed by atoms with van der Waals surface area (Å²) in [5, 5.41) is 8.99. The molecule has 0 bridgehead atoms. The third-order valence-corrected chi connectivity index (χ3v) is 2.59. The van der Waals surface area contributed by atoms with Crippen molar-refractivity contribution in [2.45, 2.75) is 32.2 Å². The van der Waals surface area contributed by atoms with Gasteiger partial charge in [-0.2, -0.15) is 0 Å². The Labute approximate surface area is 86.4 Å². The quantitative estimate of drug-likeness (QED) is 0.798. The summed E-state index contributed by atoms with van der Waals surface area (Å²) < 4.78 is 1.31. The monoisotopic (exact) mass is 208 g/mol. The fourth-order valence-corrected chi connectivity index (χ4v) is 1.59. The Balaban J connectivity index is 2.62. The van der Waals surface area contributed by atoms with Crippen molar-refractivity contribution < 1.29 is 9.90 Å². The maximum absolute atomic E-state index is 11.7. The van der Waals surface area contributed by atoms with Gasteiger partial charge < -0.3 is 5.11 Å². The lowest BCUT2D eigenvalue weighted by Crippen LogP contribution is -2.28. The molecule has 2 rings (SSSR count). The zero-order chi connectivity index (χ0) is 11.0. The highest BCUT2D eigenvalue weighted by atomic mass is 16.4. The lowest BCUT2D eigenvalue weighted by Gasteiger charge is -2.06. The molecule has 1 fully saturated rings. The van der Waals surface area contributed by atoms with Crippen LogP contribution in [0.2, 0.25) is 0 Å². The number of carboxylic acid groups (broad SMARTS) is 1. The molecule has 15 heavy (non-hydrogen) atoms. The molecule has 0 aliphatic heterocycles. The second-order valence-corrected chi connectivity index (χ2v) is 3.68. The van der Waals surface area contributed by atoms with Crippen LogP contribution in [0.25, 0.3) is 0 Å². The standard InChI is InChI=1S/C10H12N2O3/c1-2-12-5-11-8(6-3-4-6)7(9(12)13)10(14)15/h5-6H,2-4H2,1H3,(H,14,15). The first kappa shape index (κ1) is 9.89. The summed E-state index contributed by atoms with van der Waals surface area (Å²) in [6.45, 7) is 2.22. The van der Waals surface area contributed by atoms with Gasteiger partial charge in [-0.15, -0.1) is 0 Å². The van der Waals surface area contributed by atoms with Crippen molar-refractivity contribution in [1.29, 1.82) is 0 Å². The van der Waals surface area contributed by atoms with Crippen LogP contribution >= 0.6 is 0 Å². The van der Waals surface area contributed by atoms with Crippen LogP contribution in [0, 0.1) is 0 Å². The number of rotatable bonds is 3. The third kappa shape index (κ3) is 1.65. The third-order valence-electron chi connectivity index (χ3n) is 2.59. The number of carboxylic acids is 1. The molecule has 0 saturated heterocycles. The molecular weight excluding hydrogens is 196 g/mol. The predicted octanol–water partition coefficient (Wildman–Crippen LogP) is 0.839. The summed E-state index contributed by atoms with van der Waals surface area (Å²) in [5.41, 5.74) is -0.138. The van der Waals surface area contributed by atoms with Crippen LogP contribution in [0.15, 0.2) is 11.1 Å². The van der Waals surface area contributed by atoms with Crippen molar-refractivity contribution in [3.8, 4) is 0 Å². The first-order chi connectivity index (χ1) is 7.15. The summed E-state index contributed by atoms with van der Waals surface area (Å²) in [6, 6.07) is 0. The zero-order valence-electron chi connectivity index (χ0n) is 8.43. The molecule has 0 unspecified atom stereocenters. The number of hydrogen-bond donors (Lipinski definition) is 1. The first-order valence-corrected chi connectivity index (χ1v) is 4.97. The van der Waals surface area contributed by atoms with E-state index in [1.165, 1.54) is 10.9 Å². The van der Waals surface area contributed by atoms with Gasteiger partial charge in [0, 0.05) is 12.5 Å². The van der Waals surface area contributed by atoms with Gasteiger partial charge in [-0.3, -0.25) is 9.36 Å². The fourth-order valence-electron chi connectivity index (χ4n) is 1.59. The van der Waals surface area contributed by atoms with E-state index in [4.69, 9.17) is 5.11 Å². The van der Waals surface area contributed by atoms with Crippen LogP contribution in [0.4, 0.5) is 0 Å². The van der Waals surface area contributed by atoms with Crippen molar-refractivity contribution in [1.82, 2.24) is 9.55 Å². The van der Waals surface area contributed by atoms with E-state index in [0.29, 0.717) is 12.2 Å². The molecule has 5 heteroatoms. The molecule has 1 heterocycles. The molecule has 0 radical (unpaired) electrons. The van der Waals surface area contributed by atoms with E-state index in [1.54, 1.807) is 6.92 Å². The molecule has 0 spiro atoms. The number of nitrogens with zero attached hydrogens (tertiary/aromatic N) is 2. The highest BCUT2D eigenvalue weighted by Gasteiger charge is 2.31. The summed E-state index contributed by atoms with van der Waals surface area (Å²) in [6.07, 6.45) is 3.30. The fraction of sp³-hybridized carbons (Fsp3) is 0.500. The van der Waals surface area contributed by atoms with Crippen LogP contribution in [0.3, 0.4) is 0 Å². The zero-order valence-corrected chi connectivity index (χ0v) is 8.43. The number of aryl methyl sites for hydroxylation is 1. The van der Waals surface area contributed by atoms with Crippen molar-refractivity contribution >= 4 is 5.97 Å². The Hall–Kier alpha value is -1.65. The van der Waals surface area contributed by atoms with Crippen LogP contribution in [0.5, 0.6) is 0 Å². The molecule has 1 saturated carbocycles. The van der Waals surface area contributed by atoms with Gasteiger partial charge in [-0.1, -0.05) is 0 Å². The molecule has 1 aromatic heterocycles. The maximum Gasteiger partial charge on any atom is 0.343 e. The molecule has 1 aromatic rings. The van der Waals surface area contributed by atoms with E-state index in [-0.39, 0.29) is 11.5 Å². The van der Waals surface area contributed by atoms with E-state index in [9.17, 15) is 9.59 Å². The Kier molecular flexibility index (Phi) is 2.30. The molecular formula is C10H12N2O3. The number of carbonyl (C=O) groups is 1. The van der Waals surface area contributed by atoms with Crippen LogP contribution in [-0.4, -0.2) is 20.6 Å². The minimum Gasteiger partial charge on any atom is -0.477 e. The molecule has 0 atom stereocenters. The summed E-state index contributed by atoms with van der Waals surface area (Å²) in [7, 11) is 0. The van der Waals surface area contributed by atoms with Crippen molar-refractivity contribution in [3.05, 3.63) is 27.9 Å². The lowest BCUT2D eigenvalue weighted by atomic mass is 10.1. The van der Waals surface area contributed by atoms with Crippen molar-refractivity contribution in [3.63, 3.8) is 0 Å². The van der Waals surface area contributed by atoms with Gasteiger partial charge in [0.15, 0.2) is 0 Å². The van der Waals surface area contributed by atoms with Gasteiger partial charge in [-0.25, -0.2) is 9.78 Å². The second kappa shape index (κ2) is 3.49. The van der Waals surface area contributed by atoms with E-state index in [1.807, 2.05) is 0 Å². The van der Waals surface area contributed by atoms with E-state index in [2.05, 4.69) is 4.98 Å². The van der Waals surface area contributed by atoms with Gasteiger partial charge in [0.25, 0.3) is 5.56 Å². The summed E-state index contributed by atoms with van der Waals surface area (Å²) >= 11 is 0. The van der Waals surface area contributed by atoms with E-state index >= 15 is 0 Å². The van der Waals surface area contributed by atoms with Gasteiger partial charge in [0.05, 0.1) is 12.0 Å². The Morgan fingerprint density at radius 3 is 2.80 bits per heavy atom. The predicted molar refractivity (Wildman–Crippen MR) is 53.1 cm³/mol. The lowest BCUT2D eigenvalue weighted by molar-refractivity contribution is 0.0692. The smallest absolute Gasteiger partial charge is 0.343 e. The molecule has 0 amide bonds. The SMILES string of the molecule is CCn1cnc(C2CC2)c(C(=O)O)c1=O. The van der Waals surface area contributed by atoms with E-state index < -0.39 is 11.5 Å². The van der Waals surface area contributed by atoms with Crippen LogP contribution in [-0.2, 0) is 6.54 Å². The summed E-state index contributed by atoms with van der Waals surface area (Å²) in [4.78, 5) is 26.8. The van der Waals surface area contributed by atoms with Gasteiger partial charge in [-0.05, 0) is 19.8 Å². The van der Waals surface area contributed by atoms with Crippen molar-refractivity contribution in [2.75, 3.05) is 0 Å². The molecule has 5 nitrogen and oxygen atoms in total. The normalized spacial score (nSPS) is 15.3. The van der Waals surface area contributed by atoms with Crippen LogP contribution < -0.4 is 5.56 Å². The molecule has 80 valence electrons. The van der Waals surface area contributed by atoms with Gasteiger partial charge in [0.1, 0.15) is 5.56 Å². The topological polar surface area (TPSA) is 72.2 Å². The molecule has 1 N–H and O–H groups in total.